The molecule has 0 unspecified atom stereocenters. The molecule has 0 atom stereocenters. The van der Waals surface area contributed by atoms with Gasteiger partial charge in [-0.15, -0.1) is 0 Å². The molecule has 0 N–H and O–H groups in total. The molecule has 1 aromatic heterocycles. The molecule has 0 saturated heterocycles. The lowest BCUT2D eigenvalue weighted by Crippen LogP contribution is -2.06. The number of hydrogen-bond donors (Lipinski definition) is 0. The maximum absolute atomic E-state index is 11.7. The Hall–Kier alpha value is -1.62. The van der Waals surface area contributed by atoms with E-state index in [-0.39, 0.29) is 5.69 Å². The van der Waals surface area contributed by atoms with Gasteiger partial charge in [-0.25, -0.2) is 9.78 Å². The molecule has 19 heavy (non-hydrogen) atoms. The fourth-order valence-corrected chi connectivity index (χ4v) is 2.33. The van der Waals surface area contributed by atoms with Gasteiger partial charge in [0.2, 0.25) is 0 Å². The fraction of sp³-hybridized carbons (Fsp3) is 0.286. The van der Waals surface area contributed by atoms with E-state index in [1.165, 1.54) is 7.11 Å². The number of benzene rings is 1. The molecule has 4 nitrogen and oxygen atoms in total. The molecule has 1 aromatic carbocycles. The lowest BCUT2D eigenvalue weighted by atomic mass is 10.1. The normalized spacial score (nSPS) is 10.5. The highest BCUT2D eigenvalue weighted by molar-refractivity contribution is 9.10. The summed E-state index contributed by atoms with van der Waals surface area (Å²) in [7, 11) is 1.33. The van der Waals surface area contributed by atoms with Crippen molar-refractivity contribution in [1.29, 1.82) is 0 Å². The molecule has 0 spiro atoms. The van der Waals surface area contributed by atoms with E-state index in [0.29, 0.717) is 17.9 Å². The number of pyridine rings is 1. The minimum Gasteiger partial charge on any atom is -0.493 e. The molecule has 0 amide bonds. The first-order chi connectivity index (χ1) is 9.08. The highest BCUT2D eigenvalue weighted by atomic mass is 79.9. The molecule has 0 bridgehead atoms. The standard InChI is InChI=1S/C14H14BrNO3/c1-4-19-11-7-10(14(17)18-3)16-13-9(15)6-5-8(2)12(11)13/h5-7H,4H2,1-3H3. The third-order valence-corrected chi connectivity index (χ3v) is 3.42. The maximum atomic E-state index is 11.7. The third-order valence-electron chi connectivity index (χ3n) is 2.78. The maximum Gasteiger partial charge on any atom is 0.356 e. The summed E-state index contributed by atoms with van der Waals surface area (Å²) in [6.07, 6.45) is 0. The summed E-state index contributed by atoms with van der Waals surface area (Å²) in [5, 5.41) is 0.906. The molecule has 5 heteroatoms. The minimum atomic E-state index is -0.476. The smallest absolute Gasteiger partial charge is 0.356 e. The zero-order valence-electron chi connectivity index (χ0n) is 11.0. The Bertz CT molecular complexity index is 640. The van der Waals surface area contributed by atoms with Crippen LogP contribution in [0.15, 0.2) is 22.7 Å². The molecule has 0 saturated carbocycles. The monoisotopic (exact) mass is 323 g/mol. The zero-order valence-corrected chi connectivity index (χ0v) is 12.6. The number of aryl methyl sites for hydroxylation is 1. The second-order valence-corrected chi connectivity index (χ2v) is 4.87. The number of esters is 1. The second kappa shape index (κ2) is 5.57. The van der Waals surface area contributed by atoms with Gasteiger partial charge in [0.15, 0.2) is 5.69 Å². The van der Waals surface area contributed by atoms with Crippen LogP contribution in [0.4, 0.5) is 0 Å². The van der Waals surface area contributed by atoms with Crippen molar-refractivity contribution >= 4 is 32.8 Å². The van der Waals surface area contributed by atoms with Gasteiger partial charge in [-0.05, 0) is 41.4 Å². The third kappa shape index (κ3) is 2.56. The second-order valence-electron chi connectivity index (χ2n) is 4.02. The van der Waals surface area contributed by atoms with E-state index in [4.69, 9.17) is 9.47 Å². The molecule has 0 fully saturated rings. The molecule has 0 aliphatic heterocycles. The van der Waals surface area contributed by atoms with Crippen LogP contribution in [0.1, 0.15) is 23.0 Å². The summed E-state index contributed by atoms with van der Waals surface area (Å²) < 4.78 is 11.2. The van der Waals surface area contributed by atoms with Crippen LogP contribution in [0.25, 0.3) is 10.9 Å². The molecular weight excluding hydrogens is 310 g/mol. The number of aromatic nitrogens is 1. The van der Waals surface area contributed by atoms with E-state index in [1.807, 2.05) is 26.0 Å². The number of methoxy groups -OCH3 is 1. The zero-order chi connectivity index (χ0) is 14.0. The number of ether oxygens (including phenoxy) is 2. The van der Waals surface area contributed by atoms with Gasteiger partial charge in [-0.1, -0.05) is 6.07 Å². The summed E-state index contributed by atoms with van der Waals surface area (Å²) in [5.41, 5.74) is 1.99. The van der Waals surface area contributed by atoms with E-state index < -0.39 is 5.97 Å². The Kier molecular flexibility index (Phi) is 4.04. The van der Waals surface area contributed by atoms with Gasteiger partial charge in [0.25, 0.3) is 0 Å². The Labute approximate surface area is 119 Å². The minimum absolute atomic E-state index is 0.241. The van der Waals surface area contributed by atoms with E-state index in [0.717, 1.165) is 15.4 Å². The summed E-state index contributed by atoms with van der Waals surface area (Å²) in [6, 6.07) is 5.51. The van der Waals surface area contributed by atoms with Crippen LogP contribution in [0.2, 0.25) is 0 Å². The van der Waals surface area contributed by atoms with Crippen molar-refractivity contribution in [3.8, 4) is 5.75 Å². The molecular formula is C14H14BrNO3. The Balaban J connectivity index is 2.79. The number of halogens is 1. The van der Waals surface area contributed by atoms with Crippen LogP contribution < -0.4 is 4.74 Å². The van der Waals surface area contributed by atoms with Crippen molar-refractivity contribution in [3.05, 3.63) is 33.9 Å². The van der Waals surface area contributed by atoms with E-state index in [9.17, 15) is 4.79 Å². The Morgan fingerprint density at radius 2 is 2.16 bits per heavy atom. The molecule has 1 heterocycles. The summed E-state index contributed by atoms with van der Waals surface area (Å²) in [6.45, 7) is 4.40. The van der Waals surface area contributed by atoms with Gasteiger partial charge < -0.3 is 9.47 Å². The van der Waals surface area contributed by atoms with Crippen LogP contribution >= 0.6 is 15.9 Å². The van der Waals surface area contributed by atoms with Gasteiger partial charge in [-0.2, -0.15) is 0 Å². The summed E-state index contributed by atoms with van der Waals surface area (Å²) in [5.74, 6) is 0.169. The van der Waals surface area contributed by atoms with Crippen molar-refractivity contribution in [2.45, 2.75) is 13.8 Å². The van der Waals surface area contributed by atoms with Crippen molar-refractivity contribution in [1.82, 2.24) is 4.98 Å². The number of fused-ring (bicyclic) bond motifs is 1. The van der Waals surface area contributed by atoms with Gasteiger partial charge in [-0.3, -0.25) is 0 Å². The number of rotatable bonds is 3. The summed E-state index contributed by atoms with van der Waals surface area (Å²) >= 11 is 3.45. The van der Waals surface area contributed by atoms with Crippen molar-refractivity contribution in [3.63, 3.8) is 0 Å². The topological polar surface area (TPSA) is 48.4 Å². The average Bonchev–Trinajstić information content (AvgIpc) is 2.42. The van der Waals surface area contributed by atoms with E-state index >= 15 is 0 Å². The Morgan fingerprint density at radius 1 is 1.42 bits per heavy atom. The van der Waals surface area contributed by atoms with E-state index in [1.54, 1.807) is 6.07 Å². The molecule has 0 radical (unpaired) electrons. The van der Waals surface area contributed by atoms with Crippen molar-refractivity contribution in [2.24, 2.45) is 0 Å². The van der Waals surface area contributed by atoms with Gasteiger partial charge in [0, 0.05) is 15.9 Å². The van der Waals surface area contributed by atoms with Crippen molar-refractivity contribution < 1.29 is 14.3 Å². The average molecular weight is 324 g/mol. The first kappa shape index (κ1) is 13.8. The van der Waals surface area contributed by atoms with Crippen LogP contribution in [-0.4, -0.2) is 24.7 Å². The predicted molar refractivity (Wildman–Crippen MR) is 76.7 cm³/mol. The van der Waals surface area contributed by atoms with Crippen LogP contribution in [0.3, 0.4) is 0 Å². The summed E-state index contributed by atoms with van der Waals surface area (Å²) in [4.78, 5) is 16.0. The predicted octanol–water partition coefficient (Wildman–Crippen LogP) is 3.49. The largest absolute Gasteiger partial charge is 0.493 e. The van der Waals surface area contributed by atoms with Gasteiger partial charge in [0.05, 0.1) is 19.2 Å². The first-order valence-corrected chi connectivity index (χ1v) is 6.68. The number of carbonyl (C=O) groups excluding carboxylic acids is 1. The SMILES string of the molecule is CCOc1cc(C(=O)OC)nc2c(Br)ccc(C)c12. The number of nitrogens with zero attached hydrogens (tertiary/aromatic N) is 1. The quantitative estimate of drug-likeness (QED) is 0.811. The van der Waals surface area contributed by atoms with Crippen LogP contribution in [0.5, 0.6) is 5.75 Å². The first-order valence-electron chi connectivity index (χ1n) is 5.89. The number of hydrogen-bond acceptors (Lipinski definition) is 4. The highest BCUT2D eigenvalue weighted by Crippen LogP contribution is 2.33. The van der Waals surface area contributed by atoms with Crippen LogP contribution in [-0.2, 0) is 4.74 Å². The van der Waals surface area contributed by atoms with E-state index in [2.05, 4.69) is 20.9 Å². The molecule has 0 aliphatic carbocycles. The number of carbonyl (C=O) groups is 1. The fourth-order valence-electron chi connectivity index (χ4n) is 1.91. The van der Waals surface area contributed by atoms with Crippen molar-refractivity contribution in [2.75, 3.05) is 13.7 Å². The lowest BCUT2D eigenvalue weighted by molar-refractivity contribution is 0.0594. The molecule has 2 rings (SSSR count). The van der Waals surface area contributed by atoms with Gasteiger partial charge in [0.1, 0.15) is 5.75 Å². The van der Waals surface area contributed by atoms with Gasteiger partial charge >= 0.3 is 5.97 Å². The van der Waals surface area contributed by atoms with Crippen LogP contribution in [0, 0.1) is 6.92 Å². The molecule has 0 aliphatic rings. The lowest BCUT2D eigenvalue weighted by Gasteiger charge is -2.12. The molecule has 100 valence electrons. The highest BCUT2D eigenvalue weighted by Gasteiger charge is 2.16. The Morgan fingerprint density at radius 3 is 2.79 bits per heavy atom. The molecule has 2 aromatic rings.